The van der Waals surface area contributed by atoms with Gasteiger partial charge in [0.05, 0.1) is 10.0 Å². The first kappa shape index (κ1) is 20.2. The molecule has 0 atom stereocenters. The van der Waals surface area contributed by atoms with Crippen molar-refractivity contribution in [2.75, 3.05) is 31.5 Å². The number of benzene rings is 2. The Morgan fingerprint density at radius 2 is 1.68 bits per heavy atom. The highest BCUT2D eigenvalue weighted by molar-refractivity contribution is 6.42. The minimum atomic E-state index is -0.154. The number of hydrogen-bond acceptors (Lipinski definition) is 2. The smallest absolute Gasteiger partial charge is 0.321 e. The van der Waals surface area contributed by atoms with Gasteiger partial charge in [-0.15, -0.1) is 0 Å². The van der Waals surface area contributed by atoms with Crippen LogP contribution in [-0.4, -0.2) is 47.9 Å². The van der Waals surface area contributed by atoms with Gasteiger partial charge in [-0.05, 0) is 42.3 Å². The number of hydrogen-bond donors (Lipinski definition) is 1. The number of aryl methyl sites for hydroxylation is 1. The van der Waals surface area contributed by atoms with Gasteiger partial charge in [0.2, 0.25) is 5.91 Å². The van der Waals surface area contributed by atoms with Gasteiger partial charge >= 0.3 is 6.03 Å². The molecule has 0 aromatic heterocycles. The average Bonchev–Trinajstić information content (AvgIpc) is 2.69. The summed E-state index contributed by atoms with van der Waals surface area (Å²) in [5.41, 5.74) is 2.54. The van der Waals surface area contributed by atoms with Crippen LogP contribution in [0.4, 0.5) is 10.5 Å². The fraction of sp³-hybridized carbons (Fsp3) is 0.238. The van der Waals surface area contributed by atoms with Gasteiger partial charge < -0.3 is 15.1 Å². The molecule has 1 N–H and O–H groups in total. The van der Waals surface area contributed by atoms with Crippen LogP contribution in [0.2, 0.25) is 10.0 Å². The third-order valence-corrected chi connectivity index (χ3v) is 5.37. The third-order valence-electron chi connectivity index (χ3n) is 4.53. The van der Waals surface area contributed by atoms with Crippen LogP contribution in [-0.2, 0) is 4.79 Å². The van der Waals surface area contributed by atoms with E-state index in [1.165, 1.54) is 6.08 Å². The molecule has 3 amide bonds. The normalized spacial score (nSPS) is 14.4. The summed E-state index contributed by atoms with van der Waals surface area (Å²) in [5.74, 6) is -0.116. The molecule has 1 saturated heterocycles. The van der Waals surface area contributed by atoms with Crippen molar-refractivity contribution in [3.8, 4) is 0 Å². The van der Waals surface area contributed by atoms with E-state index in [1.807, 2.05) is 31.2 Å². The van der Waals surface area contributed by atoms with Crippen molar-refractivity contribution in [1.29, 1.82) is 0 Å². The second-order valence-corrected chi connectivity index (χ2v) is 7.37. The monoisotopic (exact) mass is 417 g/mol. The molecule has 1 heterocycles. The van der Waals surface area contributed by atoms with E-state index in [4.69, 9.17) is 23.2 Å². The Balaban J connectivity index is 1.53. The molecule has 5 nitrogen and oxygen atoms in total. The summed E-state index contributed by atoms with van der Waals surface area (Å²) in [6.07, 6.45) is 3.15. The first-order valence-electron chi connectivity index (χ1n) is 8.97. The van der Waals surface area contributed by atoms with E-state index in [1.54, 1.807) is 34.1 Å². The largest absolute Gasteiger partial charge is 0.336 e. The van der Waals surface area contributed by atoms with Crippen molar-refractivity contribution in [3.05, 3.63) is 69.7 Å². The van der Waals surface area contributed by atoms with Crippen LogP contribution >= 0.6 is 23.2 Å². The van der Waals surface area contributed by atoms with Crippen molar-refractivity contribution in [1.82, 2.24) is 9.80 Å². The highest BCUT2D eigenvalue weighted by Crippen LogP contribution is 2.26. The van der Waals surface area contributed by atoms with Crippen molar-refractivity contribution in [2.24, 2.45) is 0 Å². The lowest BCUT2D eigenvalue weighted by atomic mass is 10.2. The summed E-state index contributed by atoms with van der Waals surface area (Å²) in [4.78, 5) is 28.2. The molecule has 2 aromatic carbocycles. The van der Waals surface area contributed by atoms with Crippen molar-refractivity contribution < 1.29 is 9.59 Å². The fourth-order valence-corrected chi connectivity index (χ4v) is 3.34. The Bertz CT molecular complexity index is 906. The second-order valence-electron chi connectivity index (χ2n) is 6.59. The van der Waals surface area contributed by atoms with E-state index in [0.29, 0.717) is 41.8 Å². The lowest BCUT2D eigenvalue weighted by Crippen LogP contribution is -2.51. The molecule has 3 rings (SSSR count). The summed E-state index contributed by atoms with van der Waals surface area (Å²) in [6, 6.07) is 12.8. The number of nitrogens with one attached hydrogen (secondary N) is 1. The van der Waals surface area contributed by atoms with Gasteiger partial charge in [-0.1, -0.05) is 47.5 Å². The minimum Gasteiger partial charge on any atom is -0.336 e. The van der Waals surface area contributed by atoms with Crippen LogP contribution in [0.5, 0.6) is 0 Å². The van der Waals surface area contributed by atoms with E-state index in [9.17, 15) is 9.59 Å². The molecule has 28 heavy (non-hydrogen) atoms. The zero-order chi connectivity index (χ0) is 20.1. The maximum absolute atomic E-state index is 12.4. The Kier molecular flexibility index (Phi) is 6.60. The van der Waals surface area contributed by atoms with Gasteiger partial charge in [0.25, 0.3) is 0 Å². The molecule has 0 saturated carbocycles. The molecule has 0 unspecified atom stereocenters. The van der Waals surface area contributed by atoms with Crippen LogP contribution in [0.1, 0.15) is 11.1 Å². The maximum Gasteiger partial charge on any atom is 0.321 e. The lowest BCUT2D eigenvalue weighted by molar-refractivity contribution is -0.127. The first-order chi connectivity index (χ1) is 13.4. The summed E-state index contributed by atoms with van der Waals surface area (Å²) in [6.45, 7) is 3.90. The summed E-state index contributed by atoms with van der Waals surface area (Å²) >= 11 is 12.1. The number of anilines is 1. The zero-order valence-electron chi connectivity index (χ0n) is 15.5. The Labute approximate surface area is 174 Å². The van der Waals surface area contributed by atoms with Gasteiger partial charge in [-0.3, -0.25) is 4.79 Å². The maximum atomic E-state index is 12.4. The van der Waals surface area contributed by atoms with Crippen molar-refractivity contribution >= 4 is 46.9 Å². The molecular weight excluding hydrogens is 397 g/mol. The van der Waals surface area contributed by atoms with Crippen LogP contribution < -0.4 is 5.32 Å². The summed E-state index contributed by atoms with van der Waals surface area (Å²) in [5, 5.41) is 3.77. The number of urea groups is 1. The predicted octanol–water partition coefficient (Wildman–Crippen LogP) is 4.69. The SMILES string of the molecule is Cc1cccc(NC(=O)N2CCN(C(=O)/C=C/c3cccc(Cl)c3Cl)CC2)c1. The van der Waals surface area contributed by atoms with E-state index in [2.05, 4.69) is 5.32 Å². The van der Waals surface area contributed by atoms with Gasteiger partial charge in [0, 0.05) is 37.9 Å². The zero-order valence-corrected chi connectivity index (χ0v) is 17.0. The molecule has 1 aliphatic rings. The van der Waals surface area contributed by atoms with Crippen molar-refractivity contribution in [3.63, 3.8) is 0 Å². The molecule has 0 bridgehead atoms. The minimum absolute atomic E-state index is 0.116. The number of halogens is 2. The van der Waals surface area contributed by atoms with Crippen molar-refractivity contribution in [2.45, 2.75) is 6.92 Å². The predicted molar refractivity (Wildman–Crippen MR) is 114 cm³/mol. The van der Waals surface area contributed by atoms with E-state index in [-0.39, 0.29) is 11.9 Å². The van der Waals surface area contributed by atoms with E-state index in [0.717, 1.165) is 11.3 Å². The molecule has 0 spiro atoms. The Hall–Kier alpha value is -2.50. The number of piperazine rings is 1. The van der Waals surface area contributed by atoms with E-state index >= 15 is 0 Å². The standard InChI is InChI=1S/C21H21Cl2N3O2/c1-15-4-2-6-17(14-15)24-21(28)26-12-10-25(11-13-26)19(27)9-8-16-5-3-7-18(22)20(16)23/h2-9,14H,10-13H2,1H3,(H,24,28)/b9-8+. The van der Waals surface area contributed by atoms with Gasteiger partial charge in [0.1, 0.15) is 0 Å². The van der Waals surface area contributed by atoms with Crippen LogP contribution in [0.15, 0.2) is 48.5 Å². The van der Waals surface area contributed by atoms with Gasteiger partial charge in [-0.25, -0.2) is 4.79 Å². The lowest BCUT2D eigenvalue weighted by Gasteiger charge is -2.34. The molecule has 0 aliphatic carbocycles. The van der Waals surface area contributed by atoms with Gasteiger partial charge in [0.15, 0.2) is 0 Å². The highest BCUT2D eigenvalue weighted by Gasteiger charge is 2.23. The summed E-state index contributed by atoms with van der Waals surface area (Å²) < 4.78 is 0. The van der Waals surface area contributed by atoms with Crippen LogP contribution in [0, 0.1) is 6.92 Å². The topological polar surface area (TPSA) is 52.7 Å². The number of amides is 3. The Morgan fingerprint density at radius 1 is 1.00 bits per heavy atom. The van der Waals surface area contributed by atoms with Gasteiger partial charge in [-0.2, -0.15) is 0 Å². The molecular formula is C21H21Cl2N3O2. The van der Waals surface area contributed by atoms with Crippen LogP contribution in [0.25, 0.3) is 6.08 Å². The number of carbonyl (C=O) groups excluding carboxylic acids is 2. The first-order valence-corrected chi connectivity index (χ1v) is 9.73. The molecule has 1 fully saturated rings. The quantitative estimate of drug-likeness (QED) is 0.736. The molecule has 146 valence electrons. The molecule has 2 aromatic rings. The second kappa shape index (κ2) is 9.13. The average molecular weight is 418 g/mol. The number of rotatable bonds is 3. The van der Waals surface area contributed by atoms with E-state index < -0.39 is 0 Å². The number of carbonyl (C=O) groups is 2. The molecule has 7 heteroatoms. The third kappa shape index (κ3) is 5.06. The highest BCUT2D eigenvalue weighted by atomic mass is 35.5. The summed E-state index contributed by atoms with van der Waals surface area (Å²) in [7, 11) is 0. The molecule has 0 radical (unpaired) electrons. The van der Waals surface area contributed by atoms with Crippen LogP contribution in [0.3, 0.4) is 0 Å². The number of nitrogens with zero attached hydrogens (tertiary/aromatic N) is 2. The fourth-order valence-electron chi connectivity index (χ4n) is 2.97. The Morgan fingerprint density at radius 3 is 2.39 bits per heavy atom. The molecule has 1 aliphatic heterocycles.